The lowest BCUT2D eigenvalue weighted by molar-refractivity contribution is -0.143. The number of aromatic nitrogens is 4. The van der Waals surface area contributed by atoms with E-state index in [1.54, 1.807) is 6.20 Å². The molecule has 0 atom stereocenters. The number of halogens is 3. The number of hydrogen-bond donors (Lipinski definition) is 2. The van der Waals surface area contributed by atoms with Gasteiger partial charge >= 0.3 is 12.1 Å². The summed E-state index contributed by atoms with van der Waals surface area (Å²) >= 11 is 0. The van der Waals surface area contributed by atoms with Crippen LogP contribution in [0.1, 0.15) is 61.6 Å². The molecule has 2 N–H and O–H groups in total. The number of carbonyl (C=O) groups is 1. The van der Waals surface area contributed by atoms with Crippen molar-refractivity contribution in [3.63, 3.8) is 0 Å². The minimum absolute atomic E-state index is 0.0760. The molecule has 2 aliphatic rings. The second kappa shape index (κ2) is 8.73. The molecule has 2 saturated carbocycles. The van der Waals surface area contributed by atoms with Gasteiger partial charge in [0.1, 0.15) is 11.6 Å². The van der Waals surface area contributed by atoms with E-state index in [0.717, 1.165) is 55.1 Å². The van der Waals surface area contributed by atoms with Gasteiger partial charge in [0, 0.05) is 18.0 Å². The number of rotatable bonds is 6. The Morgan fingerprint density at radius 3 is 2.50 bits per heavy atom. The fraction of sp³-hybridized carbons (Fsp3) is 0.417. The third-order valence-electron chi connectivity index (χ3n) is 6.56. The lowest BCUT2D eigenvalue weighted by Crippen LogP contribution is -2.23. The molecule has 0 radical (unpaired) electrons. The Kier molecular flexibility index (Phi) is 5.75. The Labute approximate surface area is 194 Å². The van der Waals surface area contributed by atoms with Crippen molar-refractivity contribution in [2.45, 2.75) is 56.7 Å². The summed E-state index contributed by atoms with van der Waals surface area (Å²) in [4.78, 5) is 19.9. The number of alkyl halides is 3. The molecule has 2 fully saturated rings. The van der Waals surface area contributed by atoms with Gasteiger partial charge in [-0.05, 0) is 74.3 Å². The maximum Gasteiger partial charge on any atom is 0.416 e. The smallest absolute Gasteiger partial charge is 0.416 e. The minimum atomic E-state index is -4.45. The van der Waals surface area contributed by atoms with E-state index in [9.17, 15) is 23.1 Å². The molecule has 0 unspecified atom stereocenters. The predicted octanol–water partition coefficient (Wildman–Crippen LogP) is 5.80. The van der Waals surface area contributed by atoms with Crippen LogP contribution in [0.25, 0.3) is 11.3 Å². The zero-order valence-electron chi connectivity index (χ0n) is 18.3. The summed E-state index contributed by atoms with van der Waals surface area (Å²) in [6.45, 7) is 0. The maximum atomic E-state index is 13.1. The van der Waals surface area contributed by atoms with Crippen molar-refractivity contribution < 1.29 is 23.1 Å². The molecule has 2 aliphatic carbocycles. The van der Waals surface area contributed by atoms with E-state index in [0.29, 0.717) is 30.3 Å². The number of pyridine rings is 2. The molecule has 0 amide bonds. The summed E-state index contributed by atoms with van der Waals surface area (Å²) in [6, 6.07) is 5.91. The summed E-state index contributed by atoms with van der Waals surface area (Å²) in [5, 5.41) is 16.6. The number of aliphatic carboxylic acids is 1. The topological polar surface area (TPSA) is 92.9 Å². The third-order valence-corrected chi connectivity index (χ3v) is 6.56. The van der Waals surface area contributed by atoms with E-state index in [-0.39, 0.29) is 17.8 Å². The first-order chi connectivity index (χ1) is 16.3. The molecule has 0 bridgehead atoms. The molecular formula is C24H24F3N5O2. The van der Waals surface area contributed by atoms with Crippen LogP contribution in [0.3, 0.4) is 0 Å². The zero-order valence-corrected chi connectivity index (χ0v) is 18.3. The van der Waals surface area contributed by atoms with Gasteiger partial charge in [0.05, 0.1) is 29.4 Å². The largest absolute Gasteiger partial charge is 0.481 e. The Morgan fingerprint density at radius 2 is 1.82 bits per heavy atom. The number of carboxylic acid groups (broad SMARTS) is 1. The average molecular weight is 471 g/mol. The third kappa shape index (κ3) is 4.90. The van der Waals surface area contributed by atoms with Gasteiger partial charge in [0.2, 0.25) is 0 Å². The predicted molar refractivity (Wildman–Crippen MR) is 119 cm³/mol. The van der Waals surface area contributed by atoms with Gasteiger partial charge in [0.25, 0.3) is 0 Å². The second-order valence-electron chi connectivity index (χ2n) is 9.05. The monoisotopic (exact) mass is 471 g/mol. The normalized spacial score (nSPS) is 20.8. The van der Waals surface area contributed by atoms with Crippen molar-refractivity contribution in [2.75, 3.05) is 5.32 Å². The van der Waals surface area contributed by atoms with E-state index in [1.807, 2.05) is 23.0 Å². The lowest BCUT2D eigenvalue weighted by Gasteiger charge is -2.26. The average Bonchev–Trinajstić information content (AvgIpc) is 3.55. The molecule has 10 heteroatoms. The fourth-order valence-corrected chi connectivity index (χ4v) is 4.48. The van der Waals surface area contributed by atoms with Crippen LogP contribution in [0, 0.1) is 5.92 Å². The number of nitrogens with one attached hydrogen (secondary N) is 1. The van der Waals surface area contributed by atoms with Gasteiger partial charge in [-0.1, -0.05) is 0 Å². The second-order valence-corrected chi connectivity index (χ2v) is 9.05. The Hall–Kier alpha value is -3.43. The quantitative estimate of drug-likeness (QED) is 0.472. The number of hydrogen-bond acceptors (Lipinski definition) is 5. The van der Waals surface area contributed by atoms with Gasteiger partial charge in [-0.2, -0.15) is 18.3 Å². The van der Waals surface area contributed by atoms with Crippen LogP contribution in [-0.4, -0.2) is 30.8 Å². The molecule has 178 valence electrons. The van der Waals surface area contributed by atoms with Crippen LogP contribution in [-0.2, 0) is 11.0 Å². The molecular weight excluding hydrogens is 447 g/mol. The first kappa shape index (κ1) is 22.4. The summed E-state index contributed by atoms with van der Waals surface area (Å²) in [5.41, 5.74) is 1.80. The Bertz CT molecular complexity index is 1200. The highest BCUT2D eigenvalue weighted by molar-refractivity contribution is 5.70. The number of carboxylic acids is 1. The van der Waals surface area contributed by atoms with Crippen molar-refractivity contribution in [2.24, 2.45) is 5.92 Å². The first-order valence-corrected chi connectivity index (χ1v) is 11.4. The molecule has 34 heavy (non-hydrogen) atoms. The summed E-state index contributed by atoms with van der Waals surface area (Å²) in [6.07, 6.45) is 5.21. The van der Waals surface area contributed by atoms with Gasteiger partial charge in [-0.15, -0.1) is 0 Å². The van der Waals surface area contributed by atoms with E-state index < -0.39 is 17.7 Å². The van der Waals surface area contributed by atoms with Crippen LogP contribution < -0.4 is 5.32 Å². The minimum Gasteiger partial charge on any atom is -0.481 e. The van der Waals surface area contributed by atoms with Crippen molar-refractivity contribution in [3.05, 3.63) is 54.0 Å². The number of anilines is 2. The molecule has 0 aliphatic heterocycles. The first-order valence-electron chi connectivity index (χ1n) is 11.4. The van der Waals surface area contributed by atoms with Crippen molar-refractivity contribution in [3.8, 4) is 11.3 Å². The fourth-order valence-electron chi connectivity index (χ4n) is 4.48. The van der Waals surface area contributed by atoms with Crippen LogP contribution in [0.5, 0.6) is 0 Å². The van der Waals surface area contributed by atoms with Crippen molar-refractivity contribution >= 4 is 17.6 Å². The SMILES string of the molecule is O=C(O)C1CCC(n2cc(-c3cc(C4CC4)cc(Nc4cc(C(F)(F)F)ccn4)n3)cn2)CC1. The van der Waals surface area contributed by atoms with E-state index in [4.69, 9.17) is 0 Å². The summed E-state index contributed by atoms with van der Waals surface area (Å²) in [5.74, 6) is -0.108. The van der Waals surface area contributed by atoms with Gasteiger partial charge in [0.15, 0.2) is 0 Å². The molecule has 0 aromatic carbocycles. The molecule has 3 aromatic heterocycles. The summed E-state index contributed by atoms with van der Waals surface area (Å²) < 4.78 is 41.1. The highest BCUT2D eigenvalue weighted by Crippen LogP contribution is 2.42. The van der Waals surface area contributed by atoms with Crippen LogP contribution in [0.15, 0.2) is 42.9 Å². The molecule has 3 aromatic rings. The van der Waals surface area contributed by atoms with E-state index >= 15 is 0 Å². The molecule has 3 heterocycles. The number of nitrogens with zero attached hydrogens (tertiary/aromatic N) is 4. The lowest BCUT2D eigenvalue weighted by atomic mass is 9.86. The van der Waals surface area contributed by atoms with Gasteiger partial charge in [-0.3, -0.25) is 9.48 Å². The Balaban J connectivity index is 1.39. The molecule has 0 saturated heterocycles. The molecule has 0 spiro atoms. The van der Waals surface area contributed by atoms with Crippen molar-refractivity contribution in [1.29, 1.82) is 0 Å². The van der Waals surface area contributed by atoms with Crippen LogP contribution in [0.2, 0.25) is 0 Å². The standard InChI is InChI=1S/C24H24F3N5O2/c25-24(26,27)18-7-8-28-21(11-18)31-22-10-16(14-1-2-14)9-20(30-22)17-12-29-32(13-17)19-5-3-15(4-6-19)23(33)34/h7-15,19H,1-6H2,(H,33,34)(H,28,30,31). The van der Waals surface area contributed by atoms with Gasteiger partial charge < -0.3 is 10.4 Å². The maximum absolute atomic E-state index is 13.1. The van der Waals surface area contributed by atoms with Crippen LogP contribution >= 0.6 is 0 Å². The van der Waals surface area contributed by atoms with Crippen molar-refractivity contribution in [1.82, 2.24) is 19.7 Å². The zero-order chi connectivity index (χ0) is 23.9. The highest BCUT2D eigenvalue weighted by Gasteiger charge is 2.31. The van der Waals surface area contributed by atoms with Crippen LogP contribution in [0.4, 0.5) is 24.8 Å². The Morgan fingerprint density at radius 1 is 1.06 bits per heavy atom. The van der Waals surface area contributed by atoms with E-state index in [1.165, 1.54) is 0 Å². The van der Waals surface area contributed by atoms with E-state index in [2.05, 4.69) is 20.4 Å². The molecule has 7 nitrogen and oxygen atoms in total. The summed E-state index contributed by atoms with van der Waals surface area (Å²) in [7, 11) is 0. The van der Waals surface area contributed by atoms with Gasteiger partial charge in [-0.25, -0.2) is 9.97 Å². The molecule has 5 rings (SSSR count). The highest BCUT2D eigenvalue weighted by atomic mass is 19.4.